The number of carbonyl (C=O) groups is 1. The number of sulfonamides is 1. The first kappa shape index (κ1) is 23.5. The minimum atomic E-state index is -3.56. The third-order valence-corrected chi connectivity index (χ3v) is 8.82. The average molecular weight is 496 g/mol. The largest absolute Gasteiger partial charge is 0.340 e. The second-order valence-corrected chi connectivity index (χ2v) is 11.1. The summed E-state index contributed by atoms with van der Waals surface area (Å²) in [6.07, 6.45) is 1.09. The number of hydrogen-bond donors (Lipinski definition) is 0. The van der Waals surface area contributed by atoms with Gasteiger partial charge in [-0.05, 0) is 48.7 Å². The number of carbonyl (C=O) groups excluding carboxylic acids is 1. The van der Waals surface area contributed by atoms with Crippen molar-refractivity contribution in [2.75, 3.05) is 39.3 Å². The molecule has 2 aromatic carbocycles. The van der Waals surface area contributed by atoms with Crippen LogP contribution in [0.1, 0.15) is 18.4 Å². The highest BCUT2D eigenvalue weighted by Gasteiger charge is 2.34. The summed E-state index contributed by atoms with van der Waals surface area (Å²) in [5, 5.41) is 1.27. The van der Waals surface area contributed by atoms with Crippen LogP contribution in [0.3, 0.4) is 0 Å². The molecule has 0 saturated carbocycles. The second kappa shape index (κ2) is 10.1. The monoisotopic (exact) mass is 495 g/mol. The molecule has 6 nitrogen and oxygen atoms in total. The van der Waals surface area contributed by atoms with E-state index in [2.05, 4.69) is 4.90 Å². The van der Waals surface area contributed by atoms with Crippen molar-refractivity contribution in [1.82, 2.24) is 14.1 Å². The fourth-order valence-corrected chi connectivity index (χ4v) is 6.14. The summed E-state index contributed by atoms with van der Waals surface area (Å²) in [5.74, 6) is 0.0210. The molecule has 2 aliphatic heterocycles. The van der Waals surface area contributed by atoms with Crippen molar-refractivity contribution in [3.63, 3.8) is 0 Å². The van der Waals surface area contributed by atoms with Crippen LogP contribution in [0.25, 0.3) is 0 Å². The van der Waals surface area contributed by atoms with Gasteiger partial charge < -0.3 is 4.90 Å². The summed E-state index contributed by atoms with van der Waals surface area (Å²) in [5.41, 5.74) is 1.10. The quantitative estimate of drug-likeness (QED) is 0.633. The summed E-state index contributed by atoms with van der Waals surface area (Å²) < 4.78 is 27.2. The van der Waals surface area contributed by atoms with E-state index in [1.807, 2.05) is 29.2 Å². The zero-order chi connectivity index (χ0) is 22.7. The molecule has 0 spiro atoms. The maximum atomic E-state index is 13.0. The van der Waals surface area contributed by atoms with Crippen LogP contribution in [-0.2, 0) is 21.4 Å². The topological polar surface area (TPSA) is 60.9 Å². The molecule has 0 unspecified atom stereocenters. The van der Waals surface area contributed by atoms with Gasteiger partial charge in [0.05, 0.1) is 4.90 Å². The lowest BCUT2D eigenvalue weighted by Crippen LogP contribution is -2.51. The molecule has 0 N–H and O–H groups in total. The highest BCUT2D eigenvalue weighted by molar-refractivity contribution is 7.89. The molecule has 0 aromatic heterocycles. The number of nitrogens with zero attached hydrogens (tertiary/aromatic N) is 3. The normalized spacial score (nSPS) is 19.2. The van der Waals surface area contributed by atoms with Gasteiger partial charge >= 0.3 is 0 Å². The standard InChI is InChI=1S/C23H27Cl2N3O3S/c24-20-5-7-21(8-6-20)32(30,31)28-11-9-18(10-12-28)23(29)27-15-13-26(14-16-27)17-19-3-1-2-4-22(19)25/h1-8,18H,9-17H2. The lowest BCUT2D eigenvalue weighted by atomic mass is 9.96. The predicted molar refractivity (Wildman–Crippen MR) is 126 cm³/mol. The van der Waals surface area contributed by atoms with Crippen molar-refractivity contribution in [3.05, 3.63) is 64.1 Å². The highest BCUT2D eigenvalue weighted by Crippen LogP contribution is 2.26. The molecule has 2 heterocycles. The Morgan fingerprint density at radius 2 is 1.50 bits per heavy atom. The number of piperazine rings is 1. The predicted octanol–water partition coefficient (Wildman–Crippen LogP) is 3.74. The first-order valence-electron chi connectivity index (χ1n) is 10.8. The molecule has 0 radical (unpaired) electrons. The summed E-state index contributed by atoms with van der Waals surface area (Å²) >= 11 is 12.1. The van der Waals surface area contributed by atoms with Crippen LogP contribution in [0.2, 0.25) is 10.0 Å². The van der Waals surface area contributed by atoms with Crippen LogP contribution in [-0.4, -0.2) is 67.7 Å². The van der Waals surface area contributed by atoms with Crippen LogP contribution in [0, 0.1) is 5.92 Å². The van der Waals surface area contributed by atoms with Crippen LogP contribution < -0.4 is 0 Å². The number of benzene rings is 2. The Morgan fingerprint density at radius 3 is 2.12 bits per heavy atom. The van der Waals surface area contributed by atoms with E-state index in [9.17, 15) is 13.2 Å². The summed E-state index contributed by atoms with van der Waals surface area (Å²) in [4.78, 5) is 17.5. The second-order valence-electron chi connectivity index (χ2n) is 8.33. The van der Waals surface area contributed by atoms with Crippen molar-refractivity contribution in [1.29, 1.82) is 0 Å². The molecule has 2 fully saturated rings. The van der Waals surface area contributed by atoms with E-state index < -0.39 is 10.0 Å². The van der Waals surface area contributed by atoms with Gasteiger partial charge in [-0.25, -0.2) is 8.42 Å². The fourth-order valence-electron chi connectivity index (χ4n) is 4.35. The highest BCUT2D eigenvalue weighted by atomic mass is 35.5. The molecule has 2 aromatic rings. The first-order valence-corrected chi connectivity index (χ1v) is 13.0. The molecule has 2 saturated heterocycles. The molecular formula is C23H27Cl2N3O3S. The molecule has 0 atom stereocenters. The Hall–Kier alpha value is -1.64. The molecule has 9 heteroatoms. The van der Waals surface area contributed by atoms with Crippen LogP contribution >= 0.6 is 23.2 Å². The molecule has 0 aliphatic carbocycles. The van der Waals surface area contributed by atoms with Gasteiger partial charge in [-0.15, -0.1) is 0 Å². The minimum Gasteiger partial charge on any atom is -0.340 e. The van der Waals surface area contributed by atoms with Crippen molar-refractivity contribution in [2.45, 2.75) is 24.3 Å². The Balaban J connectivity index is 1.28. The molecule has 32 heavy (non-hydrogen) atoms. The summed E-state index contributed by atoms with van der Waals surface area (Å²) in [7, 11) is -3.56. The fraction of sp³-hybridized carbons (Fsp3) is 0.435. The van der Waals surface area contributed by atoms with Crippen LogP contribution in [0.15, 0.2) is 53.4 Å². The Morgan fingerprint density at radius 1 is 0.875 bits per heavy atom. The van der Waals surface area contributed by atoms with E-state index >= 15 is 0 Å². The zero-order valence-electron chi connectivity index (χ0n) is 17.8. The minimum absolute atomic E-state index is 0.123. The van der Waals surface area contributed by atoms with E-state index in [-0.39, 0.29) is 16.7 Å². The van der Waals surface area contributed by atoms with E-state index in [4.69, 9.17) is 23.2 Å². The van der Waals surface area contributed by atoms with Gasteiger partial charge in [0, 0.05) is 61.8 Å². The molecule has 172 valence electrons. The molecule has 0 bridgehead atoms. The number of rotatable bonds is 5. The number of hydrogen-bond acceptors (Lipinski definition) is 4. The SMILES string of the molecule is O=C(C1CCN(S(=O)(=O)c2ccc(Cl)cc2)CC1)N1CCN(Cc2ccccc2Cl)CC1. The van der Waals surface area contributed by atoms with E-state index in [0.717, 1.165) is 30.2 Å². The van der Waals surface area contributed by atoms with Gasteiger partial charge in [0.15, 0.2) is 0 Å². The maximum absolute atomic E-state index is 13.0. The molecule has 1 amide bonds. The van der Waals surface area contributed by atoms with Crippen molar-refractivity contribution in [3.8, 4) is 0 Å². The summed E-state index contributed by atoms with van der Waals surface area (Å²) in [6, 6.07) is 14.1. The van der Waals surface area contributed by atoms with E-state index in [0.29, 0.717) is 44.0 Å². The lowest BCUT2D eigenvalue weighted by molar-refractivity contribution is -0.138. The van der Waals surface area contributed by atoms with Gasteiger partial charge in [0.1, 0.15) is 0 Å². The van der Waals surface area contributed by atoms with Crippen molar-refractivity contribution in [2.24, 2.45) is 5.92 Å². The smallest absolute Gasteiger partial charge is 0.243 e. The Labute approximate surface area is 199 Å². The van der Waals surface area contributed by atoms with Gasteiger partial charge in [-0.2, -0.15) is 4.31 Å². The summed E-state index contributed by atoms with van der Waals surface area (Å²) in [6.45, 7) is 4.48. The van der Waals surface area contributed by atoms with E-state index in [1.165, 1.54) is 16.4 Å². The number of piperidine rings is 1. The Bertz CT molecular complexity index is 1050. The number of halogens is 2. The maximum Gasteiger partial charge on any atom is 0.243 e. The van der Waals surface area contributed by atoms with Gasteiger partial charge in [-0.1, -0.05) is 41.4 Å². The molecule has 4 rings (SSSR count). The lowest BCUT2D eigenvalue weighted by Gasteiger charge is -2.38. The average Bonchev–Trinajstić information content (AvgIpc) is 2.81. The molecular weight excluding hydrogens is 469 g/mol. The molecule has 2 aliphatic rings. The van der Waals surface area contributed by atoms with Gasteiger partial charge in [0.2, 0.25) is 15.9 Å². The first-order chi connectivity index (χ1) is 15.3. The van der Waals surface area contributed by atoms with Gasteiger partial charge in [-0.3, -0.25) is 9.69 Å². The third-order valence-electron chi connectivity index (χ3n) is 6.29. The van der Waals surface area contributed by atoms with Crippen molar-refractivity contribution < 1.29 is 13.2 Å². The van der Waals surface area contributed by atoms with Crippen molar-refractivity contribution >= 4 is 39.1 Å². The van der Waals surface area contributed by atoms with Crippen LogP contribution in [0.5, 0.6) is 0 Å². The van der Waals surface area contributed by atoms with E-state index in [1.54, 1.807) is 12.1 Å². The third kappa shape index (κ3) is 5.29. The Kier molecular flexibility index (Phi) is 7.42. The van der Waals surface area contributed by atoms with Gasteiger partial charge in [0.25, 0.3) is 0 Å². The van der Waals surface area contributed by atoms with Crippen LogP contribution in [0.4, 0.5) is 0 Å². The zero-order valence-corrected chi connectivity index (χ0v) is 20.1. The number of amides is 1.